The van der Waals surface area contributed by atoms with E-state index in [1.807, 2.05) is 6.07 Å². The lowest BCUT2D eigenvalue weighted by molar-refractivity contribution is 0.543. The molecule has 0 bridgehead atoms. The molecule has 1 aromatic carbocycles. The Hall–Kier alpha value is -1.23. The van der Waals surface area contributed by atoms with Gasteiger partial charge in [0.25, 0.3) is 0 Å². The highest BCUT2D eigenvalue weighted by Gasteiger charge is 2.23. The van der Waals surface area contributed by atoms with Crippen molar-refractivity contribution in [1.82, 2.24) is 4.72 Å². The molecule has 19 heavy (non-hydrogen) atoms. The quantitative estimate of drug-likeness (QED) is 0.820. The lowest BCUT2D eigenvalue weighted by atomic mass is 10.2. The molecule has 1 atom stereocenters. The molecule has 1 unspecified atom stereocenters. The van der Waals surface area contributed by atoms with Crippen LogP contribution >= 0.6 is 11.8 Å². The van der Waals surface area contributed by atoms with Gasteiger partial charge < -0.3 is 5.73 Å². The van der Waals surface area contributed by atoms with Crippen molar-refractivity contribution in [2.45, 2.75) is 23.8 Å². The summed E-state index contributed by atoms with van der Waals surface area (Å²) in [4.78, 5) is 0.0436. The van der Waals surface area contributed by atoms with E-state index in [1.165, 1.54) is 18.2 Å². The molecule has 1 saturated heterocycles. The summed E-state index contributed by atoms with van der Waals surface area (Å²) in [6, 6.07) is 6.11. The van der Waals surface area contributed by atoms with E-state index in [4.69, 9.17) is 11.0 Å². The van der Waals surface area contributed by atoms with Crippen LogP contribution in [0.1, 0.15) is 18.4 Å². The molecule has 5 nitrogen and oxygen atoms in total. The summed E-state index contributed by atoms with van der Waals surface area (Å²) in [6.07, 6.45) is 1.86. The molecule has 1 aromatic rings. The van der Waals surface area contributed by atoms with E-state index >= 15 is 0 Å². The first kappa shape index (κ1) is 14.2. The largest absolute Gasteiger partial charge is 0.398 e. The highest BCUT2D eigenvalue weighted by atomic mass is 32.2. The molecular weight excluding hydrogens is 282 g/mol. The predicted octanol–water partition coefficient (Wildman–Crippen LogP) is 1.31. The van der Waals surface area contributed by atoms with Crippen LogP contribution in [0.15, 0.2) is 23.1 Å². The Morgan fingerprint density at radius 2 is 2.26 bits per heavy atom. The molecule has 1 heterocycles. The van der Waals surface area contributed by atoms with Crippen molar-refractivity contribution in [3.05, 3.63) is 23.8 Å². The van der Waals surface area contributed by atoms with E-state index < -0.39 is 10.0 Å². The lowest BCUT2D eigenvalue weighted by Gasteiger charge is -2.22. The number of nitrogens with two attached hydrogens (primary N) is 1. The standard InChI is InChI=1S/C12H15N3O2S2/c13-7-9-3-4-12(11(14)6-9)19(16,17)15-10-2-1-5-18-8-10/h3-4,6,10,15H,1-2,5,8,14H2. The van der Waals surface area contributed by atoms with Gasteiger partial charge in [0, 0.05) is 11.8 Å². The van der Waals surface area contributed by atoms with E-state index in [1.54, 1.807) is 11.8 Å². The Morgan fingerprint density at radius 3 is 2.84 bits per heavy atom. The van der Waals surface area contributed by atoms with Gasteiger partial charge in [-0.3, -0.25) is 0 Å². The summed E-state index contributed by atoms with van der Waals surface area (Å²) in [5.74, 6) is 1.87. The Bertz CT molecular complexity index is 602. The molecule has 3 N–H and O–H groups in total. The van der Waals surface area contributed by atoms with Gasteiger partial charge in [-0.2, -0.15) is 17.0 Å². The molecule has 0 saturated carbocycles. The van der Waals surface area contributed by atoms with E-state index in [9.17, 15) is 8.42 Å². The van der Waals surface area contributed by atoms with E-state index in [0.717, 1.165) is 24.3 Å². The second-order valence-electron chi connectivity index (χ2n) is 4.40. The van der Waals surface area contributed by atoms with Gasteiger partial charge in [-0.25, -0.2) is 13.1 Å². The number of rotatable bonds is 3. The number of hydrogen-bond donors (Lipinski definition) is 2. The minimum Gasteiger partial charge on any atom is -0.398 e. The maximum absolute atomic E-state index is 12.2. The van der Waals surface area contributed by atoms with Gasteiger partial charge in [-0.1, -0.05) is 0 Å². The molecule has 0 spiro atoms. The van der Waals surface area contributed by atoms with Gasteiger partial charge in [0.2, 0.25) is 10.0 Å². The lowest BCUT2D eigenvalue weighted by Crippen LogP contribution is -2.38. The molecule has 1 fully saturated rings. The first-order valence-electron chi connectivity index (χ1n) is 5.92. The van der Waals surface area contributed by atoms with Gasteiger partial charge in [-0.15, -0.1) is 0 Å². The third kappa shape index (κ3) is 3.41. The van der Waals surface area contributed by atoms with Gasteiger partial charge >= 0.3 is 0 Å². The highest BCUT2D eigenvalue weighted by molar-refractivity contribution is 7.99. The molecule has 0 aliphatic carbocycles. The van der Waals surface area contributed by atoms with Gasteiger partial charge in [0.15, 0.2) is 0 Å². The molecule has 0 amide bonds. The van der Waals surface area contributed by atoms with Crippen LogP contribution < -0.4 is 10.5 Å². The third-order valence-corrected chi connectivity index (χ3v) is 5.72. The number of hydrogen-bond acceptors (Lipinski definition) is 5. The van der Waals surface area contributed by atoms with Crippen LogP contribution in [-0.4, -0.2) is 26.0 Å². The fourth-order valence-corrected chi connectivity index (χ4v) is 4.54. The molecular formula is C12H15N3O2S2. The number of nitrogens with one attached hydrogen (secondary N) is 1. The minimum absolute atomic E-state index is 0.0428. The smallest absolute Gasteiger partial charge is 0.242 e. The average molecular weight is 297 g/mol. The Labute approximate surface area is 117 Å². The first-order chi connectivity index (χ1) is 9.03. The van der Waals surface area contributed by atoms with Crippen molar-refractivity contribution < 1.29 is 8.42 Å². The van der Waals surface area contributed by atoms with E-state index in [-0.39, 0.29) is 16.6 Å². The summed E-state index contributed by atoms with van der Waals surface area (Å²) in [7, 11) is -3.61. The molecule has 2 rings (SSSR count). The van der Waals surface area contributed by atoms with Gasteiger partial charge in [0.1, 0.15) is 4.90 Å². The number of anilines is 1. The van der Waals surface area contributed by atoms with E-state index in [2.05, 4.69) is 4.72 Å². The maximum Gasteiger partial charge on any atom is 0.242 e. The zero-order valence-corrected chi connectivity index (χ0v) is 11.9. The Kier molecular flexibility index (Phi) is 4.34. The summed E-state index contributed by atoms with van der Waals surface area (Å²) in [5.41, 5.74) is 6.17. The molecule has 102 valence electrons. The van der Waals surface area contributed by atoms with Crippen molar-refractivity contribution in [2.75, 3.05) is 17.2 Å². The normalized spacial score (nSPS) is 19.8. The predicted molar refractivity (Wildman–Crippen MR) is 76.2 cm³/mol. The van der Waals surface area contributed by atoms with Crippen LogP contribution in [0.25, 0.3) is 0 Å². The van der Waals surface area contributed by atoms with Crippen LogP contribution in [0.5, 0.6) is 0 Å². The number of sulfonamides is 1. The number of benzene rings is 1. The number of thioether (sulfide) groups is 1. The third-order valence-electron chi connectivity index (χ3n) is 2.91. The van der Waals surface area contributed by atoms with Crippen LogP contribution in [0.3, 0.4) is 0 Å². The second kappa shape index (κ2) is 5.82. The van der Waals surface area contributed by atoms with Crippen molar-refractivity contribution in [2.24, 2.45) is 0 Å². The van der Waals surface area contributed by atoms with Crippen molar-refractivity contribution >= 4 is 27.5 Å². The van der Waals surface area contributed by atoms with E-state index in [0.29, 0.717) is 5.56 Å². The zero-order chi connectivity index (χ0) is 13.9. The molecule has 1 aliphatic heterocycles. The summed E-state index contributed by atoms with van der Waals surface area (Å²) in [5, 5.41) is 8.74. The Balaban J connectivity index is 2.22. The average Bonchev–Trinajstić information content (AvgIpc) is 2.38. The maximum atomic E-state index is 12.2. The van der Waals surface area contributed by atoms with Gasteiger partial charge in [0.05, 0.1) is 17.3 Å². The summed E-state index contributed by atoms with van der Waals surface area (Å²) >= 11 is 1.75. The number of nitrogen functional groups attached to an aromatic ring is 1. The van der Waals surface area contributed by atoms with Crippen LogP contribution in [0.2, 0.25) is 0 Å². The topological polar surface area (TPSA) is 96.0 Å². The highest BCUT2D eigenvalue weighted by Crippen LogP contribution is 2.22. The molecule has 0 aromatic heterocycles. The van der Waals surface area contributed by atoms with Crippen molar-refractivity contribution in [1.29, 1.82) is 5.26 Å². The monoisotopic (exact) mass is 297 g/mol. The van der Waals surface area contributed by atoms with Gasteiger partial charge in [-0.05, 0) is 36.8 Å². The van der Waals surface area contributed by atoms with Crippen molar-refractivity contribution in [3.8, 4) is 6.07 Å². The summed E-state index contributed by atoms with van der Waals surface area (Å²) in [6.45, 7) is 0. The number of nitriles is 1. The Morgan fingerprint density at radius 1 is 1.47 bits per heavy atom. The van der Waals surface area contributed by atoms with Crippen LogP contribution in [-0.2, 0) is 10.0 Å². The van der Waals surface area contributed by atoms with Crippen LogP contribution in [0.4, 0.5) is 5.69 Å². The van der Waals surface area contributed by atoms with Crippen LogP contribution in [0, 0.1) is 11.3 Å². The fraction of sp³-hybridized carbons (Fsp3) is 0.417. The molecule has 7 heteroatoms. The second-order valence-corrected chi connectivity index (χ2v) is 7.23. The van der Waals surface area contributed by atoms with Crippen molar-refractivity contribution in [3.63, 3.8) is 0 Å². The summed E-state index contributed by atoms with van der Waals surface area (Å²) < 4.78 is 27.2. The SMILES string of the molecule is N#Cc1ccc(S(=O)(=O)NC2CCCSC2)c(N)c1. The zero-order valence-electron chi connectivity index (χ0n) is 10.3. The molecule has 0 radical (unpaired) electrons. The molecule has 1 aliphatic rings. The first-order valence-corrected chi connectivity index (χ1v) is 8.56. The minimum atomic E-state index is -3.61. The fourth-order valence-electron chi connectivity index (χ4n) is 1.98. The number of nitrogens with zero attached hydrogens (tertiary/aromatic N) is 1.